The molecule has 3 rings (SSSR count). The Morgan fingerprint density at radius 1 is 1.14 bits per heavy atom. The normalized spacial score (nSPS) is 12.8. The average Bonchev–Trinajstić information content (AvgIpc) is 2.79. The summed E-state index contributed by atoms with van der Waals surface area (Å²) >= 11 is 0. The highest BCUT2D eigenvalue weighted by Crippen LogP contribution is 2.24. The Bertz CT molecular complexity index is 798. The molecule has 2 aromatic carbocycles. The van der Waals surface area contributed by atoms with E-state index in [0.717, 1.165) is 28.7 Å². The maximum Gasteiger partial charge on any atom is 0.159 e. The number of para-hydroxylation sites is 1. The monoisotopic (exact) mass is 288 g/mol. The van der Waals surface area contributed by atoms with Crippen LogP contribution in [0, 0.1) is 11.6 Å². The fourth-order valence-corrected chi connectivity index (χ4v) is 2.46. The number of hydrogen-bond acceptors (Lipinski definition) is 2. The molecule has 0 aliphatic carbocycles. The third-order valence-corrected chi connectivity index (χ3v) is 3.55. The lowest BCUT2D eigenvalue weighted by molar-refractivity contribution is 0.176. The summed E-state index contributed by atoms with van der Waals surface area (Å²) in [5.74, 6) is -1.88. The molecule has 0 saturated heterocycles. The van der Waals surface area contributed by atoms with E-state index in [2.05, 4.69) is 5.10 Å². The van der Waals surface area contributed by atoms with E-state index in [1.54, 1.807) is 4.68 Å². The maximum absolute atomic E-state index is 13.2. The minimum atomic E-state index is -0.961. The molecule has 0 spiro atoms. The van der Waals surface area contributed by atoms with Crippen LogP contribution in [0.25, 0.3) is 10.9 Å². The van der Waals surface area contributed by atoms with Crippen LogP contribution in [0.4, 0.5) is 8.78 Å². The quantitative estimate of drug-likeness (QED) is 0.804. The molecule has 3 nitrogen and oxygen atoms in total. The lowest BCUT2D eigenvalue weighted by atomic mass is 10.0. The molecule has 3 aromatic rings. The van der Waals surface area contributed by atoms with Crippen molar-refractivity contribution in [1.29, 1.82) is 0 Å². The van der Waals surface area contributed by atoms with Gasteiger partial charge in [0.05, 0.1) is 17.3 Å². The van der Waals surface area contributed by atoms with Gasteiger partial charge in [0.2, 0.25) is 0 Å². The van der Waals surface area contributed by atoms with Crippen molar-refractivity contribution in [3.63, 3.8) is 0 Å². The second-order valence-electron chi connectivity index (χ2n) is 4.98. The number of aryl methyl sites for hydroxylation is 1. The van der Waals surface area contributed by atoms with Crippen LogP contribution in [-0.2, 0) is 13.5 Å². The van der Waals surface area contributed by atoms with Gasteiger partial charge in [-0.3, -0.25) is 4.68 Å². The highest BCUT2D eigenvalue weighted by Gasteiger charge is 2.16. The van der Waals surface area contributed by atoms with Gasteiger partial charge in [-0.05, 0) is 23.8 Å². The number of aliphatic hydroxyl groups is 1. The van der Waals surface area contributed by atoms with E-state index in [1.807, 2.05) is 31.3 Å². The summed E-state index contributed by atoms with van der Waals surface area (Å²) in [4.78, 5) is 0. The smallest absolute Gasteiger partial charge is 0.159 e. The summed E-state index contributed by atoms with van der Waals surface area (Å²) in [5, 5.41) is 15.5. The zero-order valence-electron chi connectivity index (χ0n) is 11.4. The van der Waals surface area contributed by atoms with Crippen molar-refractivity contribution in [2.24, 2.45) is 7.05 Å². The Labute approximate surface area is 120 Å². The molecule has 5 heteroatoms. The van der Waals surface area contributed by atoms with Gasteiger partial charge in [-0.1, -0.05) is 24.3 Å². The topological polar surface area (TPSA) is 38.0 Å². The van der Waals surface area contributed by atoms with E-state index in [-0.39, 0.29) is 6.42 Å². The van der Waals surface area contributed by atoms with Gasteiger partial charge in [0.1, 0.15) is 0 Å². The fraction of sp³-hybridized carbons (Fsp3) is 0.188. The van der Waals surface area contributed by atoms with Crippen molar-refractivity contribution in [2.75, 3.05) is 0 Å². The molecule has 21 heavy (non-hydrogen) atoms. The molecule has 1 unspecified atom stereocenters. The molecule has 1 aromatic heterocycles. The predicted molar refractivity (Wildman–Crippen MR) is 75.7 cm³/mol. The first-order valence-corrected chi connectivity index (χ1v) is 6.60. The van der Waals surface area contributed by atoms with E-state index in [4.69, 9.17) is 0 Å². The third-order valence-electron chi connectivity index (χ3n) is 3.55. The van der Waals surface area contributed by atoms with Crippen molar-refractivity contribution < 1.29 is 13.9 Å². The molecule has 0 saturated carbocycles. The average molecular weight is 288 g/mol. The van der Waals surface area contributed by atoms with Gasteiger partial charge in [-0.25, -0.2) is 8.78 Å². The second-order valence-corrected chi connectivity index (χ2v) is 4.98. The zero-order chi connectivity index (χ0) is 15.0. The number of fused-ring (bicyclic) bond motifs is 1. The van der Waals surface area contributed by atoms with E-state index in [0.29, 0.717) is 5.56 Å². The van der Waals surface area contributed by atoms with E-state index >= 15 is 0 Å². The lowest BCUT2D eigenvalue weighted by Crippen LogP contribution is -2.04. The van der Waals surface area contributed by atoms with Crippen molar-refractivity contribution in [1.82, 2.24) is 9.78 Å². The Kier molecular flexibility index (Phi) is 3.43. The Morgan fingerprint density at radius 2 is 1.90 bits per heavy atom. The fourth-order valence-electron chi connectivity index (χ4n) is 2.46. The van der Waals surface area contributed by atoms with Gasteiger partial charge in [0.25, 0.3) is 0 Å². The number of nitrogens with zero attached hydrogens (tertiary/aromatic N) is 2. The highest BCUT2D eigenvalue weighted by atomic mass is 19.2. The number of benzene rings is 2. The van der Waals surface area contributed by atoms with Crippen LogP contribution in [0.3, 0.4) is 0 Å². The molecule has 0 fully saturated rings. The first-order valence-electron chi connectivity index (χ1n) is 6.60. The molecule has 1 atom stereocenters. The minimum absolute atomic E-state index is 0.242. The van der Waals surface area contributed by atoms with E-state index < -0.39 is 17.7 Å². The molecule has 0 aliphatic rings. The summed E-state index contributed by atoms with van der Waals surface area (Å²) < 4.78 is 27.9. The number of hydrogen-bond donors (Lipinski definition) is 1. The van der Waals surface area contributed by atoms with Crippen molar-refractivity contribution in [2.45, 2.75) is 12.5 Å². The SMILES string of the molecule is Cn1nc(CC(O)c2ccc(F)c(F)c2)c2ccccc21. The second kappa shape index (κ2) is 5.26. The molecule has 0 aliphatic heterocycles. The molecule has 1 heterocycles. The summed E-state index contributed by atoms with van der Waals surface area (Å²) in [7, 11) is 1.83. The van der Waals surface area contributed by atoms with Gasteiger partial charge in [0, 0.05) is 18.9 Å². The maximum atomic E-state index is 13.2. The Hall–Kier alpha value is -2.27. The number of halogens is 2. The number of aliphatic hydroxyl groups excluding tert-OH is 1. The standard InChI is InChI=1S/C16H14F2N2O/c1-20-15-5-3-2-4-11(15)14(19-20)9-16(21)10-6-7-12(17)13(18)8-10/h2-8,16,21H,9H2,1H3. The summed E-state index contributed by atoms with van der Waals surface area (Å²) in [6, 6.07) is 11.1. The molecular formula is C16H14F2N2O. The molecule has 0 radical (unpaired) electrons. The first kappa shape index (κ1) is 13.7. The predicted octanol–water partition coefficient (Wildman–Crippen LogP) is 3.13. The number of aromatic nitrogens is 2. The van der Waals surface area contributed by atoms with Gasteiger partial charge in [-0.15, -0.1) is 0 Å². The van der Waals surface area contributed by atoms with Crippen molar-refractivity contribution >= 4 is 10.9 Å². The minimum Gasteiger partial charge on any atom is -0.388 e. The molecule has 0 amide bonds. The van der Waals surface area contributed by atoms with Crippen LogP contribution in [0.1, 0.15) is 17.4 Å². The van der Waals surface area contributed by atoms with Gasteiger partial charge in [0.15, 0.2) is 11.6 Å². The summed E-state index contributed by atoms with van der Waals surface area (Å²) in [6.45, 7) is 0. The van der Waals surface area contributed by atoms with Crippen LogP contribution in [0.15, 0.2) is 42.5 Å². The van der Waals surface area contributed by atoms with Crippen molar-refractivity contribution in [3.05, 3.63) is 65.4 Å². The Morgan fingerprint density at radius 3 is 2.67 bits per heavy atom. The zero-order valence-corrected chi connectivity index (χ0v) is 11.4. The van der Waals surface area contributed by atoms with Crippen LogP contribution < -0.4 is 0 Å². The summed E-state index contributed by atoms with van der Waals surface area (Å²) in [6.07, 6.45) is -0.690. The highest BCUT2D eigenvalue weighted by molar-refractivity contribution is 5.81. The third kappa shape index (κ3) is 2.52. The summed E-state index contributed by atoms with van der Waals surface area (Å²) in [5.41, 5.74) is 2.03. The van der Waals surface area contributed by atoms with Gasteiger partial charge >= 0.3 is 0 Å². The molecular weight excluding hydrogens is 274 g/mol. The van der Waals surface area contributed by atoms with E-state index in [9.17, 15) is 13.9 Å². The van der Waals surface area contributed by atoms with Crippen LogP contribution >= 0.6 is 0 Å². The Balaban J connectivity index is 1.92. The van der Waals surface area contributed by atoms with Gasteiger partial charge < -0.3 is 5.11 Å². The molecule has 108 valence electrons. The van der Waals surface area contributed by atoms with Crippen LogP contribution in [0.5, 0.6) is 0 Å². The van der Waals surface area contributed by atoms with Crippen LogP contribution in [-0.4, -0.2) is 14.9 Å². The van der Waals surface area contributed by atoms with Gasteiger partial charge in [-0.2, -0.15) is 5.10 Å². The number of rotatable bonds is 3. The van der Waals surface area contributed by atoms with Crippen LogP contribution in [0.2, 0.25) is 0 Å². The largest absolute Gasteiger partial charge is 0.388 e. The van der Waals surface area contributed by atoms with E-state index in [1.165, 1.54) is 6.07 Å². The van der Waals surface area contributed by atoms with Crippen molar-refractivity contribution in [3.8, 4) is 0 Å². The lowest BCUT2D eigenvalue weighted by Gasteiger charge is -2.10. The molecule has 0 bridgehead atoms. The first-order chi connectivity index (χ1) is 10.1. The molecule has 1 N–H and O–H groups in total.